The molecule has 1 aliphatic heterocycles. The number of thioether (sulfide) groups is 1. The number of amidine groups is 1. The minimum absolute atomic E-state index is 0.176. The minimum Gasteiger partial charge on any atom is -0.478 e. The lowest BCUT2D eigenvalue weighted by Gasteiger charge is -2.07. The number of nitrogens with zero attached hydrogens (tertiary/aromatic N) is 2. The lowest BCUT2D eigenvalue weighted by Crippen LogP contribution is -2.23. The van der Waals surface area contributed by atoms with Gasteiger partial charge in [0.2, 0.25) is 0 Å². The van der Waals surface area contributed by atoms with Crippen LogP contribution in [0.15, 0.2) is 52.4 Å². The highest BCUT2D eigenvalue weighted by molar-refractivity contribution is 8.18. The summed E-state index contributed by atoms with van der Waals surface area (Å²) in [5.41, 5.74) is 1.42. The summed E-state index contributed by atoms with van der Waals surface area (Å²) in [6.45, 7) is 0. The van der Waals surface area contributed by atoms with Gasteiger partial charge in [-0.15, -0.1) is 0 Å². The Morgan fingerprint density at radius 2 is 1.88 bits per heavy atom. The van der Waals surface area contributed by atoms with Crippen molar-refractivity contribution >= 4 is 63.8 Å². The van der Waals surface area contributed by atoms with Crippen molar-refractivity contribution in [1.82, 2.24) is 4.90 Å². The lowest BCUT2D eigenvalue weighted by atomic mass is 10.2. The first-order chi connectivity index (χ1) is 12.3. The lowest BCUT2D eigenvalue weighted by molar-refractivity contribution is -0.121. The van der Waals surface area contributed by atoms with Crippen LogP contribution >= 0.6 is 35.0 Å². The number of aliphatic imine (C=N–C) groups is 1. The molecule has 0 atom stereocenters. The van der Waals surface area contributed by atoms with E-state index in [9.17, 15) is 9.59 Å². The molecule has 0 bridgehead atoms. The van der Waals surface area contributed by atoms with Crippen LogP contribution in [0.25, 0.3) is 6.08 Å². The van der Waals surface area contributed by atoms with Gasteiger partial charge < -0.3 is 5.11 Å². The molecule has 0 aromatic heterocycles. The van der Waals surface area contributed by atoms with Crippen molar-refractivity contribution in [3.8, 4) is 0 Å². The van der Waals surface area contributed by atoms with Crippen molar-refractivity contribution in [2.24, 2.45) is 4.99 Å². The number of amides is 1. The van der Waals surface area contributed by atoms with Crippen LogP contribution in [0, 0.1) is 0 Å². The highest BCUT2D eigenvalue weighted by Gasteiger charge is 2.30. The zero-order valence-corrected chi connectivity index (χ0v) is 15.8. The van der Waals surface area contributed by atoms with E-state index in [1.54, 1.807) is 43.5 Å². The first kappa shape index (κ1) is 18.5. The van der Waals surface area contributed by atoms with Crippen molar-refractivity contribution in [1.29, 1.82) is 0 Å². The predicted molar refractivity (Wildman–Crippen MR) is 105 cm³/mol. The van der Waals surface area contributed by atoms with E-state index in [-0.39, 0.29) is 11.5 Å². The maximum absolute atomic E-state index is 12.4. The summed E-state index contributed by atoms with van der Waals surface area (Å²) >= 11 is 13.3. The third-order valence-electron chi connectivity index (χ3n) is 3.59. The van der Waals surface area contributed by atoms with E-state index < -0.39 is 5.97 Å². The molecule has 3 rings (SSSR count). The average Bonchev–Trinajstić information content (AvgIpc) is 2.86. The van der Waals surface area contributed by atoms with E-state index in [0.717, 1.165) is 0 Å². The van der Waals surface area contributed by atoms with E-state index in [1.807, 2.05) is 0 Å². The van der Waals surface area contributed by atoms with E-state index in [2.05, 4.69) is 4.99 Å². The van der Waals surface area contributed by atoms with Crippen LogP contribution in [-0.2, 0) is 4.79 Å². The Bertz CT molecular complexity index is 955. The zero-order valence-electron chi connectivity index (χ0n) is 13.4. The molecule has 0 unspecified atom stereocenters. The van der Waals surface area contributed by atoms with Crippen LogP contribution in [0.2, 0.25) is 10.0 Å². The number of carboxylic acids is 1. The van der Waals surface area contributed by atoms with Gasteiger partial charge in [0.15, 0.2) is 5.17 Å². The van der Waals surface area contributed by atoms with E-state index in [0.29, 0.717) is 31.4 Å². The van der Waals surface area contributed by atoms with Crippen molar-refractivity contribution in [3.05, 3.63) is 68.5 Å². The molecule has 0 radical (unpaired) electrons. The highest BCUT2D eigenvalue weighted by atomic mass is 35.5. The number of hydrogen-bond donors (Lipinski definition) is 1. The number of benzene rings is 2. The Morgan fingerprint density at radius 1 is 1.19 bits per heavy atom. The van der Waals surface area contributed by atoms with Gasteiger partial charge in [0.25, 0.3) is 5.91 Å². The Morgan fingerprint density at radius 3 is 2.50 bits per heavy atom. The molecule has 132 valence electrons. The van der Waals surface area contributed by atoms with Gasteiger partial charge in [-0.2, -0.15) is 0 Å². The molecule has 8 heteroatoms. The van der Waals surface area contributed by atoms with Crippen molar-refractivity contribution in [2.75, 3.05) is 7.05 Å². The Hall–Kier alpha value is -2.28. The van der Waals surface area contributed by atoms with Gasteiger partial charge in [-0.25, -0.2) is 9.79 Å². The maximum atomic E-state index is 12.4. The van der Waals surface area contributed by atoms with Gasteiger partial charge in [-0.05, 0) is 59.8 Å². The quantitative estimate of drug-likeness (QED) is 0.733. The summed E-state index contributed by atoms with van der Waals surface area (Å²) in [5.74, 6) is -1.20. The first-order valence-corrected chi connectivity index (χ1v) is 8.97. The molecule has 1 aliphatic rings. The summed E-state index contributed by atoms with van der Waals surface area (Å²) in [7, 11) is 1.63. The molecular weight excluding hydrogens is 395 g/mol. The van der Waals surface area contributed by atoms with E-state index in [4.69, 9.17) is 28.3 Å². The van der Waals surface area contributed by atoms with Gasteiger partial charge >= 0.3 is 5.97 Å². The van der Waals surface area contributed by atoms with Gasteiger partial charge in [-0.3, -0.25) is 9.69 Å². The molecule has 2 aromatic rings. The molecule has 5 nitrogen and oxygen atoms in total. The monoisotopic (exact) mass is 406 g/mol. The van der Waals surface area contributed by atoms with Crippen LogP contribution in [0.4, 0.5) is 5.69 Å². The summed E-state index contributed by atoms with van der Waals surface area (Å²) in [6, 6.07) is 11.2. The number of carbonyl (C=O) groups is 2. The number of hydrogen-bond acceptors (Lipinski definition) is 4. The fraction of sp³-hybridized carbons (Fsp3) is 0.0556. The minimum atomic E-state index is -1.00. The summed E-state index contributed by atoms with van der Waals surface area (Å²) in [6.07, 6.45) is 1.69. The number of carbonyl (C=O) groups excluding carboxylic acids is 1. The molecule has 1 fully saturated rings. The van der Waals surface area contributed by atoms with Crippen LogP contribution in [0.3, 0.4) is 0 Å². The van der Waals surface area contributed by atoms with Crippen molar-refractivity contribution in [3.63, 3.8) is 0 Å². The third-order valence-corrected chi connectivity index (χ3v) is 5.21. The second kappa shape index (κ2) is 7.53. The fourth-order valence-electron chi connectivity index (χ4n) is 2.20. The molecular formula is C18H12Cl2N2O3S. The number of halogens is 2. The van der Waals surface area contributed by atoms with E-state index >= 15 is 0 Å². The fourth-order valence-corrected chi connectivity index (χ4v) is 3.64. The SMILES string of the molecule is CN1C(=O)/C(=C/c2ccc(Cl)cc2Cl)SC1=Nc1ccc(C(=O)O)cc1. The Labute approximate surface area is 163 Å². The van der Waals surface area contributed by atoms with Gasteiger partial charge in [0.1, 0.15) is 0 Å². The van der Waals surface area contributed by atoms with Gasteiger partial charge in [0, 0.05) is 17.1 Å². The first-order valence-electron chi connectivity index (χ1n) is 7.40. The summed E-state index contributed by atoms with van der Waals surface area (Å²) in [4.78, 5) is 29.7. The largest absolute Gasteiger partial charge is 0.478 e. The number of aromatic carboxylic acids is 1. The number of rotatable bonds is 3. The average molecular weight is 407 g/mol. The summed E-state index contributed by atoms with van der Waals surface area (Å²) < 4.78 is 0. The van der Waals surface area contributed by atoms with Gasteiger partial charge in [-0.1, -0.05) is 29.3 Å². The van der Waals surface area contributed by atoms with Crippen LogP contribution < -0.4 is 0 Å². The second-order valence-corrected chi connectivity index (χ2v) is 7.24. The van der Waals surface area contributed by atoms with E-state index in [1.165, 1.54) is 28.8 Å². The summed E-state index contributed by atoms with van der Waals surface area (Å²) in [5, 5.41) is 10.4. The molecule has 1 saturated heterocycles. The molecule has 26 heavy (non-hydrogen) atoms. The van der Waals surface area contributed by atoms with Crippen LogP contribution in [0.5, 0.6) is 0 Å². The van der Waals surface area contributed by atoms with Crippen molar-refractivity contribution in [2.45, 2.75) is 0 Å². The highest BCUT2D eigenvalue weighted by Crippen LogP contribution is 2.34. The molecule has 2 aromatic carbocycles. The molecule has 1 amide bonds. The third kappa shape index (κ3) is 3.93. The maximum Gasteiger partial charge on any atom is 0.335 e. The molecule has 1 heterocycles. The smallest absolute Gasteiger partial charge is 0.335 e. The molecule has 0 spiro atoms. The van der Waals surface area contributed by atoms with Crippen LogP contribution in [0.1, 0.15) is 15.9 Å². The number of likely N-dealkylation sites (N-methyl/N-ethyl adjacent to an activating group) is 1. The number of carboxylic acid groups (broad SMARTS) is 1. The standard InChI is InChI=1S/C18H12Cl2N2O3S/c1-22-16(23)15(8-11-2-5-12(19)9-14(11)20)26-18(22)21-13-6-3-10(4-7-13)17(24)25/h2-9H,1H3,(H,24,25)/b15-8-,21-18?. The molecule has 0 saturated carbocycles. The zero-order chi connectivity index (χ0) is 18.8. The Balaban J connectivity index is 1.88. The topological polar surface area (TPSA) is 70.0 Å². The normalized spacial score (nSPS) is 17.3. The molecule has 1 N–H and O–H groups in total. The van der Waals surface area contributed by atoms with Gasteiger partial charge in [0.05, 0.1) is 16.2 Å². The molecule has 0 aliphatic carbocycles. The Kier molecular flexibility index (Phi) is 5.36. The predicted octanol–water partition coefficient (Wildman–Crippen LogP) is 4.93. The van der Waals surface area contributed by atoms with Crippen LogP contribution in [-0.4, -0.2) is 34.1 Å². The van der Waals surface area contributed by atoms with Crippen molar-refractivity contribution < 1.29 is 14.7 Å². The second-order valence-electron chi connectivity index (χ2n) is 5.39.